The van der Waals surface area contributed by atoms with Crippen LogP contribution >= 0.6 is 0 Å². The summed E-state index contributed by atoms with van der Waals surface area (Å²) in [6.45, 7) is 3.97. The van der Waals surface area contributed by atoms with Crippen LogP contribution < -0.4 is 5.32 Å². The van der Waals surface area contributed by atoms with Crippen molar-refractivity contribution < 1.29 is 9.53 Å². The minimum absolute atomic E-state index is 0.0330. The SMILES string of the molecule is CCOC(=O)c1n[nH]c(C(C)NC)n1. The fraction of sp³-hybridized carbons (Fsp3) is 0.625. The van der Waals surface area contributed by atoms with E-state index in [2.05, 4.69) is 20.5 Å². The third-order valence-corrected chi connectivity index (χ3v) is 1.80. The van der Waals surface area contributed by atoms with Crippen molar-refractivity contribution in [1.82, 2.24) is 20.5 Å². The van der Waals surface area contributed by atoms with Crippen LogP contribution in [-0.2, 0) is 4.74 Å². The van der Waals surface area contributed by atoms with Crippen LogP contribution in [-0.4, -0.2) is 34.8 Å². The molecule has 1 rings (SSSR count). The molecule has 1 heterocycles. The molecule has 6 nitrogen and oxygen atoms in total. The number of nitrogens with one attached hydrogen (secondary N) is 2. The number of hydrogen-bond acceptors (Lipinski definition) is 5. The lowest BCUT2D eigenvalue weighted by molar-refractivity contribution is 0.0512. The Morgan fingerprint density at radius 3 is 3.00 bits per heavy atom. The molecule has 0 aliphatic heterocycles. The lowest BCUT2D eigenvalue weighted by atomic mass is 10.3. The second kappa shape index (κ2) is 4.71. The summed E-state index contributed by atoms with van der Waals surface area (Å²) >= 11 is 0. The van der Waals surface area contributed by atoms with E-state index in [0.29, 0.717) is 12.4 Å². The molecule has 78 valence electrons. The molecule has 1 unspecified atom stereocenters. The van der Waals surface area contributed by atoms with Crippen molar-refractivity contribution in [3.05, 3.63) is 11.6 Å². The fourth-order valence-electron chi connectivity index (χ4n) is 0.892. The van der Waals surface area contributed by atoms with Gasteiger partial charge in [-0.05, 0) is 20.9 Å². The second-order valence-corrected chi connectivity index (χ2v) is 2.78. The fourth-order valence-corrected chi connectivity index (χ4v) is 0.892. The van der Waals surface area contributed by atoms with Gasteiger partial charge in [0.1, 0.15) is 5.82 Å². The molecular weight excluding hydrogens is 184 g/mol. The average Bonchev–Trinajstić information content (AvgIpc) is 2.66. The summed E-state index contributed by atoms with van der Waals surface area (Å²) in [7, 11) is 1.80. The highest BCUT2D eigenvalue weighted by Gasteiger charge is 2.15. The smallest absolute Gasteiger partial charge is 0.378 e. The third-order valence-electron chi connectivity index (χ3n) is 1.80. The van der Waals surface area contributed by atoms with E-state index in [-0.39, 0.29) is 11.9 Å². The molecule has 0 amide bonds. The number of carbonyl (C=O) groups is 1. The number of esters is 1. The third kappa shape index (κ3) is 2.29. The Morgan fingerprint density at radius 2 is 2.43 bits per heavy atom. The van der Waals surface area contributed by atoms with Crippen molar-refractivity contribution >= 4 is 5.97 Å². The number of hydrogen-bond donors (Lipinski definition) is 2. The normalized spacial score (nSPS) is 12.5. The van der Waals surface area contributed by atoms with Crippen LogP contribution in [0.25, 0.3) is 0 Å². The number of ether oxygens (including phenoxy) is 1. The highest BCUT2D eigenvalue weighted by atomic mass is 16.5. The van der Waals surface area contributed by atoms with Crippen LogP contribution in [0.15, 0.2) is 0 Å². The topological polar surface area (TPSA) is 79.9 Å². The number of aromatic amines is 1. The monoisotopic (exact) mass is 198 g/mol. The summed E-state index contributed by atoms with van der Waals surface area (Å²) < 4.78 is 4.75. The second-order valence-electron chi connectivity index (χ2n) is 2.78. The van der Waals surface area contributed by atoms with Gasteiger partial charge in [0.25, 0.3) is 5.82 Å². The highest BCUT2D eigenvalue weighted by molar-refractivity contribution is 5.84. The first-order valence-corrected chi connectivity index (χ1v) is 4.45. The highest BCUT2D eigenvalue weighted by Crippen LogP contribution is 2.05. The molecule has 0 saturated heterocycles. The maximum Gasteiger partial charge on any atom is 0.378 e. The van der Waals surface area contributed by atoms with E-state index >= 15 is 0 Å². The zero-order valence-electron chi connectivity index (χ0n) is 8.50. The van der Waals surface area contributed by atoms with Crippen molar-refractivity contribution in [2.75, 3.05) is 13.7 Å². The Labute approximate surface area is 82.1 Å². The van der Waals surface area contributed by atoms with Crippen molar-refractivity contribution in [1.29, 1.82) is 0 Å². The molecule has 14 heavy (non-hydrogen) atoms. The summed E-state index contributed by atoms with van der Waals surface area (Å²) in [6, 6.07) is 0.0330. The van der Waals surface area contributed by atoms with Gasteiger partial charge in [-0.25, -0.2) is 9.78 Å². The largest absolute Gasteiger partial charge is 0.460 e. The molecule has 1 aromatic rings. The van der Waals surface area contributed by atoms with Crippen LogP contribution in [0.5, 0.6) is 0 Å². The van der Waals surface area contributed by atoms with Gasteiger partial charge in [-0.15, -0.1) is 5.10 Å². The summed E-state index contributed by atoms with van der Waals surface area (Å²) in [6.07, 6.45) is 0. The van der Waals surface area contributed by atoms with Gasteiger partial charge in [0, 0.05) is 0 Å². The Kier molecular flexibility index (Phi) is 3.58. The molecule has 1 aromatic heterocycles. The van der Waals surface area contributed by atoms with Gasteiger partial charge in [-0.1, -0.05) is 0 Å². The first kappa shape index (κ1) is 10.6. The Morgan fingerprint density at radius 1 is 1.71 bits per heavy atom. The van der Waals surface area contributed by atoms with Crippen molar-refractivity contribution in [2.45, 2.75) is 19.9 Å². The van der Waals surface area contributed by atoms with E-state index in [4.69, 9.17) is 4.74 Å². The van der Waals surface area contributed by atoms with Gasteiger partial charge in [0.05, 0.1) is 12.6 Å². The van der Waals surface area contributed by atoms with Crippen LogP contribution in [0.3, 0.4) is 0 Å². The summed E-state index contributed by atoms with van der Waals surface area (Å²) in [5, 5.41) is 9.40. The van der Waals surface area contributed by atoms with Crippen LogP contribution in [0.4, 0.5) is 0 Å². The number of aromatic nitrogens is 3. The minimum Gasteiger partial charge on any atom is -0.460 e. The molecule has 0 spiro atoms. The Hall–Kier alpha value is -1.43. The molecule has 0 saturated carbocycles. The van der Waals surface area contributed by atoms with E-state index in [1.165, 1.54) is 0 Å². The first-order valence-electron chi connectivity index (χ1n) is 4.45. The van der Waals surface area contributed by atoms with Crippen molar-refractivity contribution in [3.63, 3.8) is 0 Å². The van der Waals surface area contributed by atoms with Crippen molar-refractivity contribution in [3.8, 4) is 0 Å². The average molecular weight is 198 g/mol. The van der Waals surface area contributed by atoms with Gasteiger partial charge >= 0.3 is 5.97 Å². The predicted octanol–water partition coefficient (Wildman–Crippen LogP) is 0.262. The number of H-pyrrole nitrogens is 1. The van der Waals surface area contributed by atoms with E-state index in [1.54, 1.807) is 14.0 Å². The van der Waals surface area contributed by atoms with Gasteiger partial charge in [0.2, 0.25) is 0 Å². The number of carbonyl (C=O) groups excluding carboxylic acids is 1. The first-order chi connectivity index (χ1) is 6.69. The quantitative estimate of drug-likeness (QED) is 0.678. The molecule has 0 aliphatic carbocycles. The molecule has 0 bridgehead atoms. The zero-order chi connectivity index (χ0) is 10.6. The van der Waals surface area contributed by atoms with E-state index in [9.17, 15) is 4.79 Å². The van der Waals surface area contributed by atoms with Gasteiger partial charge in [-0.2, -0.15) is 0 Å². The molecule has 0 aliphatic rings. The summed E-state index contributed by atoms with van der Waals surface area (Å²) in [4.78, 5) is 15.2. The van der Waals surface area contributed by atoms with Crippen LogP contribution in [0.1, 0.15) is 36.3 Å². The summed E-state index contributed by atoms with van der Waals surface area (Å²) in [5.74, 6) is 0.192. The maximum absolute atomic E-state index is 11.2. The zero-order valence-corrected chi connectivity index (χ0v) is 8.50. The van der Waals surface area contributed by atoms with Crippen LogP contribution in [0, 0.1) is 0 Å². The Bertz CT molecular complexity index is 310. The van der Waals surface area contributed by atoms with E-state index in [1.807, 2.05) is 6.92 Å². The number of nitrogens with zero attached hydrogens (tertiary/aromatic N) is 2. The lowest BCUT2D eigenvalue weighted by Gasteiger charge is -2.03. The van der Waals surface area contributed by atoms with Crippen LogP contribution in [0.2, 0.25) is 0 Å². The van der Waals surface area contributed by atoms with Gasteiger partial charge in [-0.3, -0.25) is 5.10 Å². The molecule has 1 atom stereocenters. The van der Waals surface area contributed by atoms with E-state index < -0.39 is 5.97 Å². The molecule has 0 radical (unpaired) electrons. The summed E-state index contributed by atoms with van der Waals surface area (Å²) in [5.41, 5.74) is 0. The van der Waals surface area contributed by atoms with Crippen molar-refractivity contribution in [2.24, 2.45) is 0 Å². The molecule has 0 aromatic carbocycles. The predicted molar refractivity (Wildman–Crippen MR) is 49.8 cm³/mol. The molecule has 6 heteroatoms. The lowest BCUT2D eigenvalue weighted by Crippen LogP contribution is -2.14. The number of rotatable bonds is 4. The molecule has 2 N–H and O–H groups in total. The van der Waals surface area contributed by atoms with E-state index in [0.717, 1.165) is 0 Å². The Balaban J connectivity index is 2.72. The minimum atomic E-state index is -0.502. The molecule has 0 fully saturated rings. The van der Waals surface area contributed by atoms with Gasteiger partial charge in [0.15, 0.2) is 0 Å². The standard InChI is InChI=1S/C8H14N4O2/c1-4-14-8(13)7-10-6(11-12-7)5(2)9-3/h5,9H,4H2,1-3H3,(H,10,11,12). The molecular formula is C8H14N4O2. The van der Waals surface area contributed by atoms with Gasteiger partial charge < -0.3 is 10.1 Å². The maximum atomic E-state index is 11.2.